The Balaban J connectivity index is 1.68. The molecule has 0 aliphatic carbocycles. The first-order valence-electron chi connectivity index (χ1n) is 9.42. The summed E-state index contributed by atoms with van der Waals surface area (Å²) in [5.74, 6) is 2.48. The molecule has 1 aromatic heterocycles. The molecule has 1 heterocycles. The molecule has 3 rings (SSSR count). The molecule has 0 saturated carbocycles. The molecule has 0 bridgehead atoms. The Kier molecular flexibility index (Phi) is 6.42. The molecule has 0 N–H and O–H groups in total. The monoisotopic (exact) mass is 350 g/mol. The van der Waals surface area contributed by atoms with Gasteiger partial charge in [-0.15, -0.1) is 10.2 Å². The van der Waals surface area contributed by atoms with Crippen LogP contribution in [0.1, 0.15) is 39.5 Å². The fourth-order valence-corrected chi connectivity index (χ4v) is 2.87. The van der Waals surface area contributed by atoms with Crippen LogP contribution >= 0.6 is 0 Å². The lowest BCUT2D eigenvalue weighted by Crippen LogP contribution is -2.11. The average Bonchev–Trinajstić information content (AvgIpc) is 3.19. The summed E-state index contributed by atoms with van der Waals surface area (Å²) < 4.78 is 11.9. The molecule has 4 nitrogen and oxygen atoms in total. The smallest absolute Gasteiger partial charge is 0.248 e. The summed E-state index contributed by atoms with van der Waals surface area (Å²) in [5.41, 5.74) is 1.79. The number of hydrogen-bond acceptors (Lipinski definition) is 4. The van der Waals surface area contributed by atoms with Crippen LogP contribution in [-0.2, 0) is 0 Å². The van der Waals surface area contributed by atoms with Crippen LogP contribution in [0.3, 0.4) is 0 Å². The van der Waals surface area contributed by atoms with Crippen molar-refractivity contribution < 1.29 is 9.15 Å². The number of unbranched alkanes of at least 4 members (excludes halogenated alkanes) is 1. The quantitative estimate of drug-likeness (QED) is 0.475. The van der Waals surface area contributed by atoms with Crippen molar-refractivity contribution in [2.75, 3.05) is 6.61 Å². The lowest BCUT2D eigenvalue weighted by atomic mass is 10.0. The number of benzene rings is 2. The van der Waals surface area contributed by atoms with E-state index < -0.39 is 0 Å². The van der Waals surface area contributed by atoms with E-state index in [1.165, 1.54) is 19.3 Å². The first-order chi connectivity index (χ1) is 12.8. The van der Waals surface area contributed by atoms with Crippen molar-refractivity contribution in [2.24, 2.45) is 5.92 Å². The van der Waals surface area contributed by atoms with Crippen molar-refractivity contribution in [1.82, 2.24) is 10.2 Å². The van der Waals surface area contributed by atoms with Crippen molar-refractivity contribution in [3.63, 3.8) is 0 Å². The maximum absolute atomic E-state index is 6.02. The van der Waals surface area contributed by atoms with Gasteiger partial charge in [-0.25, -0.2) is 0 Å². The van der Waals surface area contributed by atoms with Crippen LogP contribution in [0, 0.1) is 5.92 Å². The Morgan fingerprint density at radius 3 is 2.38 bits per heavy atom. The van der Waals surface area contributed by atoms with Crippen LogP contribution < -0.4 is 4.74 Å². The van der Waals surface area contributed by atoms with E-state index in [0.29, 0.717) is 17.7 Å². The summed E-state index contributed by atoms with van der Waals surface area (Å²) in [5, 5.41) is 8.34. The summed E-state index contributed by atoms with van der Waals surface area (Å²) in [6.07, 6.45) is 4.85. The Bertz CT molecular complexity index is 799. The molecule has 4 heteroatoms. The molecule has 0 saturated heterocycles. The molecule has 1 atom stereocenters. The average molecular weight is 350 g/mol. The van der Waals surface area contributed by atoms with E-state index in [9.17, 15) is 0 Å². The predicted octanol–water partition coefficient (Wildman–Crippen LogP) is 6.00. The predicted molar refractivity (Wildman–Crippen MR) is 104 cm³/mol. The number of aromatic nitrogens is 2. The van der Waals surface area contributed by atoms with Gasteiger partial charge in [-0.2, -0.15) is 0 Å². The largest absolute Gasteiger partial charge is 0.493 e. The van der Waals surface area contributed by atoms with Crippen LogP contribution in [-0.4, -0.2) is 16.8 Å². The molecule has 0 amide bonds. The van der Waals surface area contributed by atoms with E-state index >= 15 is 0 Å². The van der Waals surface area contributed by atoms with Crippen molar-refractivity contribution in [1.29, 1.82) is 0 Å². The van der Waals surface area contributed by atoms with E-state index in [0.717, 1.165) is 29.9 Å². The maximum Gasteiger partial charge on any atom is 0.248 e. The molecule has 0 spiro atoms. The van der Waals surface area contributed by atoms with E-state index in [4.69, 9.17) is 9.15 Å². The number of rotatable bonds is 9. The third kappa shape index (κ3) is 4.72. The number of nitrogens with zero attached hydrogens (tertiary/aromatic N) is 2. The van der Waals surface area contributed by atoms with Crippen LogP contribution in [0.15, 0.2) is 59.0 Å². The first-order valence-corrected chi connectivity index (χ1v) is 9.42. The van der Waals surface area contributed by atoms with Crippen molar-refractivity contribution in [3.05, 3.63) is 54.6 Å². The molecular formula is C22H26N2O2. The van der Waals surface area contributed by atoms with Crippen LogP contribution in [0.4, 0.5) is 0 Å². The molecule has 0 aliphatic rings. The molecule has 1 unspecified atom stereocenters. The molecule has 0 aliphatic heterocycles. The van der Waals surface area contributed by atoms with Gasteiger partial charge >= 0.3 is 0 Å². The number of hydrogen-bond donors (Lipinski definition) is 0. The Hall–Kier alpha value is -2.62. The highest BCUT2D eigenvalue weighted by molar-refractivity contribution is 5.59. The van der Waals surface area contributed by atoms with Gasteiger partial charge in [0, 0.05) is 11.1 Å². The van der Waals surface area contributed by atoms with E-state index in [1.54, 1.807) is 0 Å². The van der Waals surface area contributed by atoms with Gasteiger partial charge in [0.25, 0.3) is 0 Å². The Morgan fingerprint density at radius 2 is 1.65 bits per heavy atom. The maximum atomic E-state index is 6.02. The van der Waals surface area contributed by atoms with Crippen molar-refractivity contribution in [3.8, 4) is 28.7 Å². The van der Waals surface area contributed by atoms with Crippen molar-refractivity contribution >= 4 is 0 Å². The van der Waals surface area contributed by atoms with Gasteiger partial charge in [0.2, 0.25) is 11.8 Å². The third-order valence-corrected chi connectivity index (χ3v) is 4.56. The highest BCUT2D eigenvalue weighted by atomic mass is 16.5. The molecule has 2 aromatic carbocycles. The SMILES string of the molecule is CCCCC(CC)COc1cccc(-c2nnc(-c3ccccc3)o2)c1. The molecule has 3 aromatic rings. The standard InChI is InChI=1S/C22H26N2O2/c1-3-5-10-17(4-2)16-25-20-14-9-13-19(15-20)22-24-23-21(26-22)18-11-7-6-8-12-18/h6-9,11-15,17H,3-5,10,16H2,1-2H3. The summed E-state index contributed by atoms with van der Waals surface area (Å²) in [7, 11) is 0. The summed E-state index contributed by atoms with van der Waals surface area (Å²) in [4.78, 5) is 0. The van der Waals surface area contributed by atoms with Gasteiger partial charge in [-0.3, -0.25) is 0 Å². The van der Waals surface area contributed by atoms with E-state index in [1.807, 2.05) is 54.6 Å². The highest BCUT2D eigenvalue weighted by Gasteiger charge is 2.12. The van der Waals surface area contributed by atoms with E-state index in [-0.39, 0.29) is 0 Å². The van der Waals surface area contributed by atoms with Crippen LogP contribution in [0.2, 0.25) is 0 Å². The fraction of sp³-hybridized carbons (Fsp3) is 0.364. The van der Waals surface area contributed by atoms with Gasteiger partial charge in [-0.05, 0) is 42.7 Å². The zero-order valence-corrected chi connectivity index (χ0v) is 15.5. The number of ether oxygens (including phenoxy) is 1. The highest BCUT2D eigenvalue weighted by Crippen LogP contribution is 2.26. The molecule has 0 fully saturated rings. The Morgan fingerprint density at radius 1 is 0.923 bits per heavy atom. The lowest BCUT2D eigenvalue weighted by Gasteiger charge is -2.15. The second-order valence-corrected chi connectivity index (χ2v) is 6.53. The molecule has 0 radical (unpaired) electrons. The van der Waals surface area contributed by atoms with Gasteiger partial charge in [-0.1, -0.05) is 57.4 Å². The second-order valence-electron chi connectivity index (χ2n) is 6.53. The summed E-state index contributed by atoms with van der Waals surface area (Å²) in [6, 6.07) is 17.7. The zero-order chi connectivity index (χ0) is 18.2. The topological polar surface area (TPSA) is 48.2 Å². The normalized spacial score (nSPS) is 12.1. The van der Waals surface area contributed by atoms with Crippen molar-refractivity contribution in [2.45, 2.75) is 39.5 Å². The zero-order valence-electron chi connectivity index (χ0n) is 15.5. The minimum Gasteiger partial charge on any atom is -0.493 e. The fourth-order valence-electron chi connectivity index (χ4n) is 2.87. The third-order valence-electron chi connectivity index (χ3n) is 4.56. The second kappa shape index (κ2) is 9.18. The summed E-state index contributed by atoms with van der Waals surface area (Å²) in [6.45, 7) is 5.20. The van der Waals surface area contributed by atoms with E-state index in [2.05, 4.69) is 24.0 Å². The van der Waals surface area contributed by atoms with Crippen LogP contribution in [0.25, 0.3) is 22.9 Å². The minimum absolute atomic E-state index is 0.507. The summed E-state index contributed by atoms with van der Waals surface area (Å²) >= 11 is 0. The minimum atomic E-state index is 0.507. The van der Waals surface area contributed by atoms with Gasteiger partial charge in [0.05, 0.1) is 6.61 Å². The molecular weight excluding hydrogens is 324 g/mol. The Labute approximate surface area is 155 Å². The van der Waals surface area contributed by atoms with Gasteiger partial charge in [0.15, 0.2) is 0 Å². The molecule has 136 valence electrons. The van der Waals surface area contributed by atoms with Gasteiger partial charge in [0.1, 0.15) is 5.75 Å². The first kappa shape index (κ1) is 18.2. The lowest BCUT2D eigenvalue weighted by molar-refractivity contribution is 0.233. The van der Waals surface area contributed by atoms with Crippen LogP contribution in [0.5, 0.6) is 5.75 Å². The molecule has 26 heavy (non-hydrogen) atoms. The van der Waals surface area contributed by atoms with Gasteiger partial charge < -0.3 is 9.15 Å².